The lowest BCUT2D eigenvalue weighted by molar-refractivity contribution is 0.426. The van der Waals surface area contributed by atoms with Crippen molar-refractivity contribution < 1.29 is 13.9 Å². The summed E-state index contributed by atoms with van der Waals surface area (Å²) in [6.07, 6.45) is 2.99. The molecule has 1 aromatic carbocycles. The smallest absolute Gasteiger partial charge is 0.168 e. The van der Waals surface area contributed by atoms with Crippen molar-refractivity contribution in [1.29, 1.82) is 0 Å². The van der Waals surface area contributed by atoms with Gasteiger partial charge in [0.05, 0.1) is 0 Å². The van der Waals surface area contributed by atoms with Crippen molar-refractivity contribution in [2.75, 3.05) is 5.75 Å². The summed E-state index contributed by atoms with van der Waals surface area (Å²) in [6, 6.07) is 1.69. The lowest BCUT2D eigenvalue weighted by atomic mass is 10.2. The number of hydrogen-bond donors (Lipinski definition) is 2. The van der Waals surface area contributed by atoms with Gasteiger partial charge >= 0.3 is 0 Å². The lowest BCUT2D eigenvalue weighted by Gasteiger charge is -2.00. The first kappa shape index (κ1) is 10.1. The Bertz CT molecular complexity index is 337. The number of benzene rings is 1. The van der Waals surface area contributed by atoms with E-state index in [1.54, 1.807) is 6.08 Å². The Hall–Kier alpha value is -1.03. The van der Waals surface area contributed by atoms with Crippen LogP contribution in [0.2, 0.25) is 0 Å². The van der Waals surface area contributed by atoms with Crippen LogP contribution in [0.4, 0.5) is 8.78 Å². The first-order chi connectivity index (χ1) is 6.15. The number of rotatable bonds is 2. The molecule has 0 radical (unpaired) electrons. The van der Waals surface area contributed by atoms with Crippen LogP contribution in [-0.2, 0) is 0 Å². The molecule has 0 heterocycles. The van der Waals surface area contributed by atoms with Gasteiger partial charge < -0.3 is 5.11 Å². The van der Waals surface area contributed by atoms with E-state index < -0.39 is 17.4 Å². The highest BCUT2D eigenvalue weighted by atomic mass is 32.1. The molecule has 13 heavy (non-hydrogen) atoms. The van der Waals surface area contributed by atoms with Gasteiger partial charge in [0.1, 0.15) is 5.82 Å². The van der Waals surface area contributed by atoms with Crippen LogP contribution in [0.25, 0.3) is 6.08 Å². The summed E-state index contributed by atoms with van der Waals surface area (Å²) in [5.41, 5.74) is 0.117. The Morgan fingerprint density at radius 2 is 2.08 bits per heavy atom. The Kier molecular flexibility index (Phi) is 3.31. The van der Waals surface area contributed by atoms with Crippen molar-refractivity contribution in [3.63, 3.8) is 0 Å². The van der Waals surface area contributed by atoms with Gasteiger partial charge in [0.15, 0.2) is 11.6 Å². The second-order valence-corrected chi connectivity index (χ2v) is 2.78. The number of thiol groups is 1. The predicted molar refractivity (Wildman–Crippen MR) is 50.9 cm³/mol. The third-order valence-corrected chi connectivity index (χ3v) is 1.67. The van der Waals surface area contributed by atoms with Crippen LogP contribution in [-0.4, -0.2) is 10.9 Å². The molecular formula is C9H8F2OS. The normalized spacial score (nSPS) is 11.0. The molecule has 0 bridgehead atoms. The molecule has 0 saturated carbocycles. The van der Waals surface area contributed by atoms with Crippen LogP contribution in [0.1, 0.15) is 5.56 Å². The Labute approximate surface area is 80.1 Å². The number of aromatic hydroxyl groups is 1. The Balaban J connectivity index is 3.12. The van der Waals surface area contributed by atoms with Crippen LogP contribution in [0, 0.1) is 11.6 Å². The molecule has 0 aromatic heterocycles. The van der Waals surface area contributed by atoms with Gasteiger partial charge in [0, 0.05) is 17.4 Å². The van der Waals surface area contributed by atoms with Crippen LogP contribution in [0.15, 0.2) is 18.2 Å². The molecule has 0 fully saturated rings. The van der Waals surface area contributed by atoms with Gasteiger partial charge in [-0.3, -0.25) is 0 Å². The molecule has 1 nitrogen and oxygen atoms in total. The van der Waals surface area contributed by atoms with E-state index in [9.17, 15) is 8.78 Å². The van der Waals surface area contributed by atoms with E-state index >= 15 is 0 Å². The molecule has 0 aliphatic heterocycles. The maximum atomic E-state index is 12.7. The van der Waals surface area contributed by atoms with Crippen molar-refractivity contribution in [3.8, 4) is 5.75 Å². The minimum absolute atomic E-state index is 0.117. The minimum Gasteiger partial charge on any atom is -0.504 e. The molecule has 0 aliphatic rings. The highest BCUT2D eigenvalue weighted by molar-refractivity contribution is 7.80. The average molecular weight is 202 g/mol. The van der Waals surface area contributed by atoms with Gasteiger partial charge in [0.25, 0.3) is 0 Å². The zero-order chi connectivity index (χ0) is 9.84. The Morgan fingerprint density at radius 1 is 1.38 bits per heavy atom. The highest BCUT2D eigenvalue weighted by Gasteiger charge is 2.06. The fourth-order valence-corrected chi connectivity index (χ4v) is 0.998. The van der Waals surface area contributed by atoms with Crippen molar-refractivity contribution >= 4 is 18.7 Å². The molecule has 1 N–H and O–H groups in total. The van der Waals surface area contributed by atoms with Gasteiger partial charge in [-0.05, 0) is 6.07 Å². The Morgan fingerprint density at radius 3 is 2.69 bits per heavy atom. The van der Waals surface area contributed by atoms with Crippen LogP contribution in [0.3, 0.4) is 0 Å². The third-order valence-electron chi connectivity index (χ3n) is 1.46. The molecule has 1 aromatic rings. The summed E-state index contributed by atoms with van der Waals surface area (Å²) >= 11 is 3.88. The monoisotopic (exact) mass is 202 g/mol. The van der Waals surface area contributed by atoms with E-state index in [-0.39, 0.29) is 5.56 Å². The number of phenols is 1. The third kappa shape index (κ3) is 2.45. The van der Waals surface area contributed by atoms with E-state index in [1.165, 1.54) is 6.08 Å². The molecule has 0 aliphatic carbocycles. The van der Waals surface area contributed by atoms with E-state index in [4.69, 9.17) is 5.11 Å². The van der Waals surface area contributed by atoms with Gasteiger partial charge in [-0.2, -0.15) is 12.6 Å². The molecule has 0 amide bonds. The molecular weight excluding hydrogens is 194 g/mol. The van der Waals surface area contributed by atoms with E-state index in [0.29, 0.717) is 11.8 Å². The first-order valence-electron chi connectivity index (χ1n) is 3.60. The van der Waals surface area contributed by atoms with Crippen LogP contribution >= 0.6 is 12.6 Å². The maximum absolute atomic E-state index is 12.7. The van der Waals surface area contributed by atoms with Gasteiger partial charge in [0.2, 0.25) is 0 Å². The summed E-state index contributed by atoms with van der Waals surface area (Å²) in [5.74, 6) is -1.77. The summed E-state index contributed by atoms with van der Waals surface area (Å²) in [7, 11) is 0. The van der Waals surface area contributed by atoms with Gasteiger partial charge in [-0.15, -0.1) is 0 Å². The van der Waals surface area contributed by atoms with Crippen LogP contribution < -0.4 is 0 Å². The summed E-state index contributed by atoms with van der Waals surface area (Å²) < 4.78 is 25.4. The van der Waals surface area contributed by atoms with Gasteiger partial charge in [-0.25, -0.2) is 8.78 Å². The van der Waals surface area contributed by atoms with E-state index in [2.05, 4.69) is 12.6 Å². The second kappa shape index (κ2) is 4.28. The average Bonchev–Trinajstić information content (AvgIpc) is 2.09. The summed E-state index contributed by atoms with van der Waals surface area (Å²) in [4.78, 5) is 0. The number of phenolic OH excluding ortho intramolecular Hbond substituents is 1. The van der Waals surface area contributed by atoms with E-state index in [0.717, 1.165) is 6.07 Å². The first-order valence-corrected chi connectivity index (χ1v) is 4.24. The second-order valence-electron chi connectivity index (χ2n) is 2.41. The highest BCUT2D eigenvalue weighted by Crippen LogP contribution is 2.23. The SMILES string of the molecule is Oc1c(F)cc(F)cc1C=CCS. The van der Waals surface area contributed by atoms with Crippen molar-refractivity contribution in [2.45, 2.75) is 0 Å². The van der Waals surface area contributed by atoms with Gasteiger partial charge in [-0.1, -0.05) is 12.2 Å². The molecule has 0 spiro atoms. The lowest BCUT2D eigenvalue weighted by Crippen LogP contribution is -1.84. The molecule has 0 saturated heterocycles. The van der Waals surface area contributed by atoms with Crippen molar-refractivity contribution in [3.05, 3.63) is 35.4 Å². The predicted octanol–water partition coefficient (Wildman–Crippen LogP) is 2.61. The minimum atomic E-state index is -0.959. The number of halogens is 2. The summed E-state index contributed by atoms with van der Waals surface area (Å²) in [6.45, 7) is 0. The fraction of sp³-hybridized carbons (Fsp3) is 0.111. The molecule has 4 heteroatoms. The van der Waals surface area contributed by atoms with Crippen molar-refractivity contribution in [1.82, 2.24) is 0 Å². The molecule has 0 unspecified atom stereocenters. The molecule has 1 rings (SSSR count). The number of hydrogen-bond acceptors (Lipinski definition) is 2. The zero-order valence-corrected chi connectivity index (χ0v) is 7.56. The standard InChI is InChI=1S/C9H8F2OS/c10-7-4-6(2-1-3-13)9(12)8(11)5-7/h1-2,4-5,12-13H,3H2. The fourth-order valence-electron chi connectivity index (χ4n) is 0.893. The van der Waals surface area contributed by atoms with E-state index in [1.807, 2.05) is 0 Å². The topological polar surface area (TPSA) is 20.2 Å². The molecule has 0 atom stereocenters. The van der Waals surface area contributed by atoms with Crippen LogP contribution in [0.5, 0.6) is 5.75 Å². The summed E-state index contributed by atoms with van der Waals surface area (Å²) in [5, 5.41) is 9.13. The van der Waals surface area contributed by atoms with Crippen molar-refractivity contribution in [2.24, 2.45) is 0 Å². The maximum Gasteiger partial charge on any atom is 0.168 e. The largest absolute Gasteiger partial charge is 0.504 e. The molecule has 70 valence electrons. The zero-order valence-electron chi connectivity index (χ0n) is 6.67. The quantitative estimate of drug-likeness (QED) is 0.706.